The molecule has 0 saturated heterocycles. The molecule has 69 heavy (non-hydrogen) atoms. The lowest BCUT2D eigenvalue weighted by Crippen LogP contribution is -2.45. The van der Waals surface area contributed by atoms with Crippen molar-refractivity contribution in [1.29, 1.82) is 0 Å². The first kappa shape index (κ1) is 67.6. The van der Waals surface area contributed by atoms with Crippen LogP contribution in [-0.4, -0.2) is 34.9 Å². The van der Waals surface area contributed by atoms with Gasteiger partial charge in [-0.2, -0.15) is 0 Å². The second-order valence-corrected chi connectivity index (χ2v) is 21.8. The SMILES string of the molecule is CCCCCCCCCCCCCC/C=C/CC/C=C/C(O)C(CO)NC(=O)CCCCCCCCCCCCCCCCCCC/C=C\CCCCCCCCCCCCCCCCCCCC. The van der Waals surface area contributed by atoms with Gasteiger partial charge in [0.15, 0.2) is 0 Å². The van der Waals surface area contributed by atoms with Crippen LogP contribution in [0.25, 0.3) is 0 Å². The van der Waals surface area contributed by atoms with Gasteiger partial charge in [0.25, 0.3) is 0 Å². The topological polar surface area (TPSA) is 69.6 Å². The fourth-order valence-electron chi connectivity index (χ4n) is 10.0. The Morgan fingerprint density at radius 2 is 0.565 bits per heavy atom. The molecule has 0 aliphatic rings. The number of amides is 1. The van der Waals surface area contributed by atoms with Crippen LogP contribution in [0.3, 0.4) is 0 Å². The van der Waals surface area contributed by atoms with Crippen LogP contribution in [0, 0.1) is 0 Å². The van der Waals surface area contributed by atoms with E-state index in [0.29, 0.717) is 6.42 Å². The van der Waals surface area contributed by atoms with Gasteiger partial charge in [0, 0.05) is 6.42 Å². The van der Waals surface area contributed by atoms with Crippen molar-refractivity contribution in [1.82, 2.24) is 5.32 Å². The van der Waals surface area contributed by atoms with E-state index in [-0.39, 0.29) is 12.5 Å². The lowest BCUT2D eigenvalue weighted by molar-refractivity contribution is -0.123. The zero-order valence-corrected chi connectivity index (χ0v) is 47.1. The number of nitrogens with one attached hydrogen (secondary N) is 1. The first-order chi connectivity index (χ1) is 34.2. The Morgan fingerprint density at radius 3 is 0.841 bits per heavy atom. The largest absolute Gasteiger partial charge is 0.394 e. The minimum atomic E-state index is -0.861. The summed E-state index contributed by atoms with van der Waals surface area (Å²) in [5.41, 5.74) is 0. The maximum absolute atomic E-state index is 12.5. The Bertz CT molecular complexity index is 1050. The number of rotatable bonds is 59. The molecule has 0 aromatic carbocycles. The molecule has 1 amide bonds. The minimum absolute atomic E-state index is 0.0681. The second-order valence-electron chi connectivity index (χ2n) is 21.8. The zero-order valence-electron chi connectivity index (χ0n) is 47.1. The molecule has 3 N–H and O–H groups in total. The van der Waals surface area contributed by atoms with Gasteiger partial charge in [0.1, 0.15) is 0 Å². The summed E-state index contributed by atoms with van der Waals surface area (Å²) in [6.45, 7) is 4.33. The maximum Gasteiger partial charge on any atom is 0.220 e. The van der Waals surface area contributed by atoms with Crippen molar-refractivity contribution < 1.29 is 15.0 Å². The molecule has 0 aliphatic heterocycles. The summed E-state index contributed by atoms with van der Waals surface area (Å²) >= 11 is 0. The summed E-state index contributed by atoms with van der Waals surface area (Å²) in [5, 5.41) is 23.2. The molecule has 4 nitrogen and oxygen atoms in total. The fourth-order valence-corrected chi connectivity index (χ4v) is 10.0. The van der Waals surface area contributed by atoms with E-state index in [9.17, 15) is 15.0 Å². The van der Waals surface area contributed by atoms with Gasteiger partial charge in [0.2, 0.25) is 5.91 Å². The highest BCUT2D eigenvalue weighted by molar-refractivity contribution is 5.76. The summed E-state index contributed by atoms with van der Waals surface area (Å²) in [4.78, 5) is 12.5. The Labute approximate surface area is 433 Å². The van der Waals surface area contributed by atoms with Crippen molar-refractivity contribution in [2.75, 3.05) is 6.61 Å². The molecule has 0 saturated carbocycles. The number of unbranched alkanes of at least 4 members (excludes halogenated alkanes) is 48. The Kier molecular flexibility index (Phi) is 59.7. The van der Waals surface area contributed by atoms with E-state index in [1.807, 2.05) is 6.08 Å². The number of hydrogen-bond donors (Lipinski definition) is 3. The highest BCUT2D eigenvalue weighted by Crippen LogP contribution is 2.18. The van der Waals surface area contributed by atoms with Gasteiger partial charge >= 0.3 is 0 Å². The molecule has 0 aromatic rings. The molecule has 0 radical (unpaired) electrons. The van der Waals surface area contributed by atoms with Crippen molar-refractivity contribution in [3.05, 3.63) is 36.5 Å². The van der Waals surface area contributed by atoms with Crippen LogP contribution < -0.4 is 5.32 Å². The number of aliphatic hydroxyl groups excluding tert-OH is 2. The van der Waals surface area contributed by atoms with E-state index in [1.54, 1.807) is 6.08 Å². The van der Waals surface area contributed by atoms with Crippen molar-refractivity contribution in [2.24, 2.45) is 0 Å². The van der Waals surface area contributed by atoms with Gasteiger partial charge in [-0.3, -0.25) is 4.79 Å². The fraction of sp³-hybridized carbons (Fsp3) is 0.892. The average molecular weight is 969 g/mol. The molecule has 0 bridgehead atoms. The molecule has 4 heteroatoms. The van der Waals surface area contributed by atoms with E-state index >= 15 is 0 Å². The Hall–Kier alpha value is -1.39. The summed E-state index contributed by atoms with van der Waals surface area (Å²) < 4.78 is 0. The third kappa shape index (κ3) is 57.4. The number of allylic oxidation sites excluding steroid dienone is 5. The zero-order chi connectivity index (χ0) is 49.9. The second kappa shape index (κ2) is 60.9. The molecule has 0 fully saturated rings. The summed E-state index contributed by atoms with van der Waals surface area (Å²) in [7, 11) is 0. The Balaban J connectivity index is 3.41. The minimum Gasteiger partial charge on any atom is -0.394 e. The quantitative estimate of drug-likeness (QED) is 0.0420. The standard InChI is InChI=1S/C65H125NO3/c1-3-5-7-9-11-13-15-17-19-21-23-24-25-26-27-28-29-30-31-32-33-34-35-36-37-38-39-40-41-42-43-45-47-49-51-53-55-57-59-61-65(69)66-63(62-67)64(68)60-58-56-54-52-50-48-46-44-22-20-18-16-14-12-10-8-6-4-2/h32-33,50,52,58,60,63-64,67-68H,3-31,34-49,51,53-57,59,61-62H2,1-2H3,(H,66,69)/b33-32-,52-50+,60-58+. The molecule has 0 aliphatic carbocycles. The van der Waals surface area contributed by atoms with Crippen LogP contribution in [0.5, 0.6) is 0 Å². The van der Waals surface area contributed by atoms with Crippen LogP contribution in [0.4, 0.5) is 0 Å². The molecule has 0 rings (SSSR count). The lowest BCUT2D eigenvalue weighted by Gasteiger charge is -2.19. The molecule has 0 spiro atoms. The molecule has 2 unspecified atom stereocenters. The van der Waals surface area contributed by atoms with Gasteiger partial charge < -0.3 is 15.5 Å². The van der Waals surface area contributed by atoms with Crippen molar-refractivity contribution in [3.8, 4) is 0 Å². The van der Waals surface area contributed by atoms with E-state index in [1.165, 1.54) is 302 Å². The first-order valence-corrected chi connectivity index (χ1v) is 31.7. The van der Waals surface area contributed by atoms with Gasteiger partial charge in [0.05, 0.1) is 18.8 Å². The molecular formula is C65H125NO3. The lowest BCUT2D eigenvalue weighted by atomic mass is 10.0. The Morgan fingerprint density at radius 1 is 0.333 bits per heavy atom. The third-order valence-electron chi connectivity index (χ3n) is 14.8. The van der Waals surface area contributed by atoms with Gasteiger partial charge in [-0.1, -0.05) is 326 Å². The van der Waals surface area contributed by atoms with E-state index in [0.717, 1.165) is 32.1 Å². The monoisotopic (exact) mass is 968 g/mol. The highest BCUT2D eigenvalue weighted by atomic mass is 16.3. The van der Waals surface area contributed by atoms with Gasteiger partial charge in [-0.15, -0.1) is 0 Å². The van der Waals surface area contributed by atoms with E-state index in [4.69, 9.17) is 0 Å². The number of carbonyl (C=O) groups is 1. The average Bonchev–Trinajstić information content (AvgIpc) is 3.35. The first-order valence-electron chi connectivity index (χ1n) is 31.7. The van der Waals surface area contributed by atoms with Gasteiger partial charge in [-0.25, -0.2) is 0 Å². The van der Waals surface area contributed by atoms with Crippen LogP contribution in [0.15, 0.2) is 36.5 Å². The molecule has 0 aromatic heterocycles. The number of hydrogen-bond acceptors (Lipinski definition) is 3. The summed E-state index contributed by atoms with van der Waals surface area (Å²) in [6, 6.07) is -0.638. The van der Waals surface area contributed by atoms with Crippen LogP contribution >= 0.6 is 0 Å². The van der Waals surface area contributed by atoms with Gasteiger partial charge in [-0.05, 0) is 57.8 Å². The normalized spacial score (nSPS) is 12.9. The van der Waals surface area contributed by atoms with Crippen molar-refractivity contribution >= 4 is 5.91 Å². The predicted molar refractivity (Wildman–Crippen MR) is 308 cm³/mol. The van der Waals surface area contributed by atoms with Crippen LogP contribution in [0.1, 0.15) is 354 Å². The molecule has 0 heterocycles. The van der Waals surface area contributed by atoms with Crippen LogP contribution in [-0.2, 0) is 4.79 Å². The summed E-state index contributed by atoms with van der Waals surface area (Å²) in [5.74, 6) is -0.0681. The predicted octanol–water partition coefficient (Wildman–Crippen LogP) is 21.2. The molecule has 408 valence electrons. The molecule has 2 atom stereocenters. The molecular weight excluding hydrogens is 843 g/mol. The van der Waals surface area contributed by atoms with E-state index in [2.05, 4.69) is 43.5 Å². The van der Waals surface area contributed by atoms with Crippen molar-refractivity contribution in [3.63, 3.8) is 0 Å². The van der Waals surface area contributed by atoms with Crippen molar-refractivity contribution in [2.45, 2.75) is 366 Å². The smallest absolute Gasteiger partial charge is 0.220 e. The highest BCUT2D eigenvalue weighted by Gasteiger charge is 2.18. The summed E-state index contributed by atoms with van der Waals surface area (Å²) in [6.07, 6.45) is 83.6. The number of aliphatic hydroxyl groups is 2. The third-order valence-corrected chi connectivity index (χ3v) is 14.8. The maximum atomic E-state index is 12.5. The number of carbonyl (C=O) groups excluding carboxylic acids is 1. The van der Waals surface area contributed by atoms with Crippen LogP contribution in [0.2, 0.25) is 0 Å². The van der Waals surface area contributed by atoms with E-state index < -0.39 is 12.1 Å².